The van der Waals surface area contributed by atoms with Crippen LogP contribution >= 0.6 is 11.6 Å². The van der Waals surface area contributed by atoms with Gasteiger partial charge in [-0.05, 0) is 60.2 Å². The van der Waals surface area contributed by atoms with E-state index in [1.807, 2.05) is 0 Å². The Morgan fingerprint density at radius 3 is 2.42 bits per heavy atom. The monoisotopic (exact) mass is 470 g/mol. The molecule has 11 heteroatoms. The number of nitro groups is 1. The summed E-state index contributed by atoms with van der Waals surface area (Å²) in [4.78, 5) is 34.1. The van der Waals surface area contributed by atoms with Crippen LogP contribution in [0.5, 0.6) is 5.75 Å². The lowest BCUT2D eigenvalue weighted by Gasteiger charge is -2.09. The maximum absolute atomic E-state index is 12.9. The fourth-order valence-electron chi connectivity index (χ4n) is 2.55. The number of rotatable bonds is 8. The summed E-state index contributed by atoms with van der Waals surface area (Å²) in [6.45, 7) is -0.310. The number of hydrogen-bond acceptors (Lipinski definition) is 6. The molecule has 33 heavy (non-hydrogen) atoms. The van der Waals surface area contributed by atoms with Crippen molar-refractivity contribution < 1.29 is 23.6 Å². The summed E-state index contributed by atoms with van der Waals surface area (Å²) in [6, 6.07) is 15.0. The van der Waals surface area contributed by atoms with Crippen molar-refractivity contribution in [2.24, 2.45) is 5.10 Å². The molecule has 168 valence electrons. The minimum Gasteiger partial charge on any atom is -0.482 e. The van der Waals surface area contributed by atoms with Crippen molar-refractivity contribution in [3.05, 3.63) is 98.8 Å². The molecular formula is C22H16ClFN4O5. The van der Waals surface area contributed by atoms with Crippen LogP contribution in [-0.2, 0) is 4.79 Å². The van der Waals surface area contributed by atoms with Gasteiger partial charge < -0.3 is 10.1 Å². The van der Waals surface area contributed by atoms with Crippen molar-refractivity contribution in [3.8, 4) is 5.75 Å². The first-order chi connectivity index (χ1) is 15.8. The van der Waals surface area contributed by atoms with Gasteiger partial charge in [-0.2, -0.15) is 5.10 Å². The molecule has 0 radical (unpaired) electrons. The van der Waals surface area contributed by atoms with Gasteiger partial charge in [-0.15, -0.1) is 0 Å². The third-order valence-electron chi connectivity index (χ3n) is 4.16. The summed E-state index contributed by atoms with van der Waals surface area (Å²) in [5.41, 5.74) is 3.37. The number of nitro benzene ring substituents is 1. The number of hydrazone groups is 1. The van der Waals surface area contributed by atoms with E-state index in [2.05, 4.69) is 15.8 Å². The van der Waals surface area contributed by atoms with Crippen LogP contribution < -0.4 is 15.5 Å². The Kier molecular flexibility index (Phi) is 7.66. The molecule has 0 bridgehead atoms. The average Bonchev–Trinajstić information content (AvgIpc) is 2.80. The first-order valence-electron chi connectivity index (χ1n) is 9.37. The molecule has 0 aliphatic heterocycles. The molecule has 3 aromatic carbocycles. The first-order valence-corrected chi connectivity index (χ1v) is 9.75. The van der Waals surface area contributed by atoms with Crippen molar-refractivity contribution in [1.29, 1.82) is 0 Å². The maximum Gasteiger partial charge on any atom is 0.271 e. The van der Waals surface area contributed by atoms with Gasteiger partial charge in [0, 0.05) is 23.4 Å². The number of non-ortho nitro benzene ring substituents is 1. The molecular weight excluding hydrogens is 455 g/mol. The molecule has 0 aliphatic rings. The molecule has 0 aliphatic carbocycles. The Labute approximate surface area is 192 Å². The zero-order valence-electron chi connectivity index (χ0n) is 16.8. The lowest BCUT2D eigenvalue weighted by molar-refractivity contribution is -0.384. The van der Waals surface area contributed by atoms with Crippen molar-refractivity contribution in [3.63, 3.8) is 0 Å². The predicted molar refractivity (Wildman–Crippen MR) is 120 cm³/mol. The first kappa shape index (κ1) is 23.4. The minimum absolute atomic E-state index is 0.125. The highest BCUT2D eigenvalue weighted by molar-refractivity contribution is 6.32. The zero-order valence-corrected chi connectivity index (χ0v) is 17.6. The van der Waals surface area contributed by atoms with Crippen LogP contribution in [0.3, 0.4) is 0 Å². The van der Waals surface area contributed by atoms with E-state index in [1.54, 1.807) is 6.07 Å². The summed E-state index contributed by atoms with van der Waals surface area (Å²) >= 11 is 6.17. The molecule has 0 fully saturated rings. The van der Waals surface area contributed by atoms with Crippen LogP contribution in [0.25, 0.3) is 0 Å². The van der Waals surface area contributed by atoms with E-state index in [1.165, 1.54) is 66.9 Å². The summed E-state index contributed by atoms with van der Waals surface area (Å²) in [6.07, 6.45) is 1.35. The molecule has 2 N–H and O–H groups in total. The number of halogens is 2. The smallest absolute Gasteiger partial charge is 0.271 e. The highest BCUT2D eigenvalue weighted by Crippen LogP contribution is 2.25. The summed E-state index contributed by atoms with van der Waals surface area (Å²) in [5.74, 6) is -1.14. The Morgan fingerprint density at radius 2 is 1.79 bits per heavy atom. The number of nitrogens with zero attached hydrogens (tertiary/aromatic N) is 2. The van der Waals surface area contributed by atoms with Gasteiger partial charge in [0.2, 0.25) is 0 Å². The van der Waals surface area contributed by atoms with Gasteiger partial charge in [0.25, 0.3) is 17.5 Å². The molecule has 0 heterocycles. The quantitative estimate of drug-likeness (QED) is 0.290. The van der Waals surface area contributed by atoms with E-state index in [4.69, 9.17) is 16.3 Å². The van der Waals surface area contributed by atoms with Crippen LogP contribution in [0.1, 0.15) is 15.9 Å². The van der Waals surface area contributed by atoms with Gasteiger partial charge in [-0.25, -0.2) is 9.82 Å². The van der Waals surface area contributed by atoms with Gasteiger partial charge in [0.15, 0.2) is 6.61 Å². The van der Waals surface area contributed by atoms with Crippen molar-refractivity contribution in [1.82, 2.24) is 5.43 Å². The van der Waals surface area contributed by atoms with Crippen LogP contribution in [0.4, 0.5) is 15.8 Å². The van der Waals surface area contributed by atoms with Crippen LogP contribution in [-0.4, -0.2) is 29.6 Å². The number of carbonyl (C=O) groups excluding carboxylic acids is 2. The number of nitrogens with one attached hydrogen (secondary N) is 2. The van der Waals surface area contributed by atoms with Gasteiger partial charge in [-0.1, -0.05) is 11.6 Å². The number of benzene rings is 3. The van der Waals surface area contributed by atoms with Crippen LogP contribution in [0.2, 0.25) is 5.02 Å². The van der Waals surface area contributed by atoms with E-state index in [0.29, 0.717) is 11.3 Å². The standard InChI is InChI=1S/C22H16ClFN4O5/c23-19-11-14(12-25-27-22(30)15-2-8-18(9-3-15)28(31)32)1-10-20(19)33-13-21(29)26-17-6-4-16(24)5-7-17/h1-12H,13H2,(H,26,29)(H,27,30). The van der Waals surface area contributed by atoms with E-state index < -0.39 is 22.6 Å². The lowest BCUT2D eigenvalue weighted by Crippen LogP contribution is -2.20. The normalized spacial score (nSPS) is 10.6. The number of hydrogen-bond donors (Lipinski definition) is 2. The SMILES string of the molecule is O=C(COc1ccc(C=NNC(=O)c2ccc([N+](=O)[O-])cc2)cc1Cl)Nc1ccc(F)cc1. The van der Waals surface area contributed by atoms with Crippen LogP contribution in [0.15, 0.2) is 71.8 Å². The molecule has 0 saturated heterocycles. The number of amides is 2. The lowest BCUT2D eigenvalue weighted by atomic mass is 10.2. The Bertz CT molecular complexity index is 1200. The third kappa shape index (κ3) is 6.84. The molecule has 3 rings (SSSR count). The fraction of sp³-hybridized carbons (Fsp3) is 0.0455. The molecule has 0 aromatic heterocycles. The van der Waals surface area contributed by atoms with Crippen LogP contribution in [0, 0.1) is 15.9 Å². The zero-order chi connectivity index (χ0) is 23.8. The van der Waals surface area contributed by atoms with Crippen molar-refractivity contribution in [2.75, 3.05) is 11.9 Å². The predicted octanol–water partition coefficient (Wildman–Crippen LogP) is 4.17. The Morgan fingerprint density at radius 1 is 1.09 bits per heavy atom. The summed E-state index contributed by atoms with van der Waals surface area (Å²) in [7, 11) is 0. The number of anilines is 1. The molecule has 0 atom stereocenters. The van der Waals surface area contributed by atoms with Gasteiger partial charge >= 0.3 is 0 Å². The maximum atomic E-state index is 12.9. The minimum atomic E-state index is -0.561. The van der Waals surface area contributed by atoms with E-state index in [0.717, 1.165) is 0 Å². The molecule has 3 aromatic rings. The van der Waals surface area contributed by atoms with E-state index >= 15 is 0 Å². The number of carbonyl (C=O) groups is 2. The highest BCUT2D eigenvalue weighted by Gasteiger charge is 2.09. The molecule has 0 saturated carbocycles. The highest BCUT2D eigenvalue weighted by atomic mass is 35.5. The van der Waals surface area contributed by atoms with Gasteiger partial charge in [-0.3, -0.25) is 19.7 Å². The Balaban J connectivity index is 1.51. The second-order valence-electron chi connectivity index (χ2n) is 6.54. The van der Waals surface area contributed by atoms with E-state index in [-0.39, 0.29) is 28.6 Å². The molecule has 9 nitrogen and oxygen atoms in total. The second-order valence-corrected chi connectivity index (χ2v) is 6.94. The van der Waals surface area contributed by atoms with E-state index in [9.17, 15) is 24.1 Å². The molecule has 0 unspecified atom stereocenters. The Hall–Kier alpha value is -4.31. The summed E-state index contributed by atoms with van der Waals surface area (Å²) in [5, 5.41) is 17.3. The largest absolute Gasteiger partial charge is 0.482 e. The van der Waals surface area contributed by atoms with Gasteiger partial charge in [0.05, 0.1) is 16.2 Å². The van der Waals surface area contributed by atoms with Crippen molar-refractivity contribution in [2.45, 2.75) is 0 Å². The third-order valence-corrected chi connectivity index (χ3v) is 4.46. The van der Waals surface area contributed by atoms with Crippen molar-refractivity contribution >= 4 is 41.0 Å². The molecule has 2 amide bonds. The topological polar surface area (TPSA) is 123 Å². The number of ether oxygens (including phenoxy) is 1. The second kappa shape index (κ2) is 10.8. The summed E-state index contributed by atoms with van der Waals surface area (Å²) < 4.78 is 18.3. The molecule has 0 spiro atoms. The average molecular weight is 471 g/mol. The van der Waals surface area contributed by atoms with Gasteiger partial charge in [0.1, 0.15) is 11.6 Å². The fourth-order valence-corrected chi connectivity index (χ4v) is 2.80.